The van der Waals surface area contributed by atoms with Crippen LogP contribution < -0.4 is 0 Å². The van der Waals surface area contributed by atoms with Gasteiger partial charge >= 0.3 is 0 Å². The summed E-state index contributed by atoms with van der Waals surface area (Å²) in [6.45, 7) is 0. The molecule has 0 saturated carbocycles. The molecule has 0 saturated heterocycles. The first-order valence-electron chi connectivity index (χ1n) is 3.27. The van der Waals surface area contributed by atoms with Crippen LogP contribution in [0.5, 0.6) is 0 Å². The lowest BCUT2D eigenvalue weighted by Crippen LogP contribution is -2.05. The number of fused-ring (bicyclic) bond motifs is 1. The lowest BCUT2D eigenvalue weighted by atomic mass is 10.2. The van der Waals surface area contributed by atoms with Gasteiger partial charge in [-0.1, -0.05) is 0 Å². The molecule has 2 heterocycles. The Bertz CT molecular complexity index is 327. The van der Waals surface area contributed by atoms with Gasteiger partial charge in [-0.3, -0.25) is 10.1 Å². The number of rotatable bonds is 1. The number of hydrogen-bond acceptors (Lipinski definition) is 2. The third-order valence-electron chi connectivity index (χ3n) is 1.77. The van der Waals surface area contributed by atoms with Crippen LogP contribution in [0.2, 0.25) is 0 Å². The summed E-state index contributed by atoms with van der Waals surface area (Å²) in [5.74, 6) is 0. The Kier molecular flexibility index (Phi) is 1.09. The van der Waals surface area contributed by atoms with E-state index in [0.717, 1.165) is 5.69 Å². The zero-order valence-electron chi connectivity index (χ0n) is 5.68. The van der Waals surface area contributed by atoms with Crippen LogP contribution in [0.1, 0.15) is 11.7 Å². The summed E-state index contributed by atoms with van der Waals surface area (Å²) >= 11 is 0. The lowest BCUT2D eigenvalue weighted by molar-refractivity contribution is -0.515. The van der Waals surface area contributed by atoms with Crippen molar-refractivity contribution < 1.29 is 4.92 Å². The van der Waals surface area contributed by atoms with Crippen LogP contribution in [-0.2, 0) is 0 Å². The molecule has 0 bridgehead atoms. The minimum absolute atomic E-state index is 0.296. The highest BCUT2D eigenvalue weighted by Crippen LogP contribution is 2.24. The summed E-state index contributed by atoms with van der Waals surface area (Å²) in [6.07, 6.45) is 5.09. The molecule has 1 aliphatic heterocycles. The second-order valence-electron chi connectivity index (χ2n) is 2.41. The fourth-order valence-electron chi connectivity index (χ4n) is 1.24. The molecule has 2 rings (SSSR count). The summed E-state index contributed by atoms with van der Waals surface area (Å²) in [5.41, 5.74) is 0.731. The van der Waals surface area contributed by atoms with E-state index >= 15 is 0 Å². The molecule has 56 valence electrons. The molecule has 0 spiro atoms. The Hall–Kier alpha value is -1.58. The fraction of sp³-hybridized carbons (Fsp3) is 0.143. The molecule has 0 fully saturated rings. The van der Waals surface area contributed by atoms with Crippen molar-refractivity contribution in [1.29, 1.82) is 0 Å². The van der Waals surface area contributed by atoms with Gasteiger partial charge in [-0.05, 0) is 12.1 Å². The number of nitro groups is 1. The van der Waals surface area contributed by atoms with Gasteiger partial charge < -0.3 is 4.57 Å². The summed E-state index contributed by atoms with van der Waals surface area (Å²) in [6, 6.07) is 2.91. The maximum atomic E-state index is 10.4. The van der Waals surface area contributed by atoms with Crippen LogP contribution in [0.15, 0.2) is 24.4 Å². The fourth-order valence-corrected chi connectivity index (χ4v) is 1.24. The molecule has 11 heavy (non-hydrogen) atoms. The molecular weight excluding hydrogens is 144 g/mol. The molecular formula is C7H6N2O2. The van der Waals surface area contributed by atoms with Crippen LogP contribution in [0.25, 0.3) is 6.20 Å². The van der Waals surface area contributed by atoms with Gasteiger partial charge in [0.15, 0.2) is 0 Å². The van der Waals surface area contributed by atoms with Crippen molar-refractivity contribution in [1.82, 2.24) is 4.57 Å². The van der Waals surface area contributed by atoms with E-state index in [4.69, 9.17) is 0 Å². The maximum Gasteiger partial charge on any atom is 0.272 e. The van der Waals surface area contributed by atoms with E-state index in [-0.39, 0.29) is 4.92 Å². The molecule has 1 aliphatic rings. The highest BCUT2D eigenvalue weighted by Gasteiger charge is 2.25. The van der Waals surface area contributed by atoms with E-state index in [9.17, 15) is 10.1 Å². The Morgan fingerprint density at radius 2 is 2.45 bits per heavy atom. The first-order chi connectivity index (χ1) is 5.29. The molecule has 4 nitrogen and oxygen atoms in total. The quantitative estimate of drug-likeness (QED) is 0.447. The molecule has 0 amide bonds. The van der Waals surface area contributed by atoms with Crippen LogP contribution in [0, 0.1) is 10.1 Å². The maximum absolute atomic E-state index is 10.4. The smallest absolute Gasteiger partial charge is 0.272 e. The first kappa shape index (κ1) is 6.15. The molecule has 0 N–H and O–H groups in total. The predicted octanol–water partition coefficient (Wildman–Crippen LogP) is 1.29. The van der Waals surface area contributed by atoms with Crippen LogP contribution in [-0.4, -0.2) is 9.49 Å². The van der Waals surface area contributed by atoms with Gasteiger partial charge in [-0.15, -0.1) is 0 Å². The Morgan fingerprint density at radius 1 is 1.64 bits per heavy atom. The summed E-state index contributed by atoms with van der Waals surface area (Å²) in [7, 11) is 0. The third kappa shape index (κ3) is 0.756. The molecule has 0 aliphatic carbocycles. The van der Waals surface area contributed by atoms with Gasteiger partial charge in [0.25, 0.3) is 6.04 Å². The Labute approximate surface area is 62.9 Å². The first-order valence-corrected chi connectivity index (χ1v) is 3.27. The molecule has 1 unspecified atom stereocenters. The zero-order valence-corrected chi connectivity index (χ0v) is 5.68. The number of hydrogen-bond donors (Lipinski definition) is 0. The highest BCUT2D eigenvalue weighted by molar-refractivity contribution is 5.39. The summed E-state index contributed by atoms with van der Waals surface area (Å²) in [5, 5.41) is 10.4. The number of nitrogens with zero attached hydrogens (tertiary/aromatic N) is 2. The predicted molar refractivity (Wildman–Crippen MR) is 39.5 cm³/mol. The van der Waals surface area contributed by atoms with Crippen LogP contribution >= 0.6 is 0 Å². The summed E-state index contributed by atoms with van der Waals surface area (Å²) < 4.78 is 1.76. The van der Waals surface area contributed by atoms with Crippen molar-refractivity contribution in [3.05, 3.63) is 40.2 Å². The Morgan fingerprint density at radius 3 is 3.18 bits per heavy atom. The van der Waals surface area contributed by atoms with Gasteiger partial charge in [0, 0.05) is 23.4 Å². The second kappa shape index (κ2) is 1.95. The molecule has 0 aromatic carbocycles. The van der Waals surface area contributed by atoms with Crippen molar-refractivity contribution >= 4 is 6.20 Å². The topological polar surface area (TPSA) is 48.1 Å². The standard InChI is InChI=1S/C7H6N2O2/c10-9(11)7-3-5-8-4-1-2-6(7)8/h1-5,7H. The van der Waals surface area contributed by atoms with Crippen molar-refractivity contribution in [2.45, 2.75) is 6.04 Å². The lowest BCUT2D eigenvalue weighted by Gasteiger charge is -1.97. The van der Waals surface area contributed by atoms with Gasteiger partial charge in [0.05, 0.1) is 0 Å². The van der Waals surface area contributed by atoms with Crippen LogP contribution in [0.4, 0.5) is 0 Å². The average Bonchev–Trinajstić information content (AvgIpc) is 2.41. The van der Waals surface area contributed by atoms with E-state index < -0.39 is 6.04 Å². The van der Waals surface area contributed by atoms with Gasteiger partial charge in [-0.25, -0.2) is 0 Å². The van der Waals surface area contributed by atoms with Gasteiger partial charge in [0.1, 0.15) is 5.69 Å². The van der Waals surface area contributed by atoms with E-state index in [1.807, 2.05) is 0 Å². The van der Waals surface area contributed by atoms with E-state index in [0.29, 0.717) is 0 Å². The van der Waals surface area contributed by atoms with Gasteiger partial charge in [0.2, 0.25) is 0 Å². The Balaban J connectivity index is 2.46. The number of aromatic nitrogens is 1. The highest BCUT2D eigenvalue weighted by atomic mass is 16.6. The zero-order chi connectivity index (χ0) is 7.84. The third-order valence-corrected chi connectivity index (χ3v) is 1.77. The van der Waals surface area contributed by atoms with Crippen molar-refractivity contribution in [3.8, 4) is 0 Å². The normalized spacial score (nSPS) is 20.2. The van der Waals surface area contributed by atoms with Crippen molar-refractivity contribution in [2.75, 3.05) is 0 Å². The van der Waals surface area contributed by atoms with E-state index in [1.54, 1.807) is 35.2 Å². The van der Waals surface area contributed by atoms with E-state index in [2.05, 4.69) is 0 Å². The second-order valence-corrected chi connectivity index (χ2v) is 2.41. The largest absolute Gasteiger partial charge is 0.321 e. The van der Waals surface area contributed by atoms with Crippen molar-refractivity contribution in [3.63, 3.8) is 0 Å². The van der Waals surface area contributed by atoms with Crippen LogP contribution in [0.3, 0.4) is 0 Å². The van der Waals surface area contributed by atoms with Crippen molar-refractivity contribution in [2.24, 2.45) is 0 Å². The van der Waals surface area contributed by atoms with E-state index in [1.165, 1.54) is 0 Å². The molecule has 0 radical (unpaired) electrons. The molecule has 1 atom stereocenters. The average molecular weight is 150 g/mol. The monoisotopic (exact) mass is 150 g/mol. The van der Waals surface area contributed by atoms with Gasteiger partial charge in [-0.2, -0.15) is 0 Å². The summed E-state index contributed by atoms with van der Waals surface area (Å²) in [4.78, 5) is 10.1. The minimum Gasteiger partial charge on any atom is -0.321 e. The molecule has 4 heteroatoms. The molecule has 1 aromatic heterocycles. The molecule has 1 aromatic rings. The minimum atomic E-state index is -0.648. The SMILES string of the molecule is O=[N+]([O-])C1C=Cn2cccc21.